The number of carbonyl (C=O) groups is 1. The minimum absolute atomic E-state index is 0.137. The highest BCUT2D eigenvalue weighted by Crippen LogP contribution is 2.00. The van der Waals surface area contributed by atoms with Gasteiger partial charge in [-0.1, -0.05) is 18.6 Å². The molecule has 0 rings (SSSR count). The number of unbranched alkanes of at least 4 members (excludes halogenated alkanes) is 2. The highest BCUT2D eigenvalue weighted by Gasteiger charge is 1.97. The SMILES string of the molecule is COC(=O)CCCCCN=CC=S. The van der Waals surface area contributed by atoms with Crippen molar-refractivity contribution in [3.63, 3.8) is 0 Å². The summed E-state index contributed by atoms with van der Waals surface area (Å²) in [5, 5.41) is 1.49. The molecular formula is C9H15NO2S. The minimum Gasteiger partial charge on any atom is -0.469 e. The summed E-state index contributed by atoms with van der Waals surface area (Å²) in [5.41, 5.74) is 0. The molecule has 4 heteroatoms. The Bertz CT molecular complexity index is 180. The molecule has 0 bridgehead atoms. The number of esters is 1. The smallest absolute Gasteiger partial charge is 0.305 e. The van der Waals surface area contributed by atoms with Gasteiger partial charge in [0.05, 0.1) is 7.11 Å². The largest absolute Gasteiger partial charge is 0.469 e. The minimum atomic E-state index is -0.137. The fourth-order valence-electron chi connectivity index (χ4n) is 0.869. The zero-order valence-corrected chi connectivity index (χ0v) is 8.68. The average molecular weight is 201 g/mol. The third kappa shape index (κ3) is 9.14. The van der Waals surface area contributed by atoms with Crippen molar-refractivity contribution in [2.45, 2.75) is 25.7 Å². The normalized spacial score (nSPS) is 10.2. The number of hydrogen-bond donors (Lipinski definition) is 0. The molecule has 13 heavy (non-hydrogen) atoms. The third-order valence-corrected chi connectivity index (χ3v) is 1.68. The summed E-state index contributed by atoms with van der Waals surface area (Å²) in [6, 6.07) is 0. The maximum atomic E-state index is 10.7. The van der Waals surface area contributed by atoms with Crippen molar-refractivity contribution in [1.29, 1.82) is 0 Å². The molecule has 0 aliphatic heterocycles. The van der Waals surface area contributed by atoms with E-state index in [1.54, 1.807) is 6.21 Å². The van der Waals surface area contributed by atoms with Gasteiger partial charge in [0.1, 0.15) is 0 Å². The number of thiocarbonyl (C=S) groups is 1. The molecular weight excluding hydrogens is 186 g/mol. The topological polar surface area (TPSA) is 38.7 Å². The molecule has 0 aromatic heterocycles. The highest BCUT2D eigenvalue weighted by atomic mass is 32.1. The van der Waals surface area contributed by atoms with E-state index in [2.05, 4.69) is 21.9 Å². The van der Waals surface area contributed by atoms with E-state index in [-0.39, 0.29) is 5.97 Å². The van der Waals surface area contributed by atoms with Crippen LogP contribution in [0, 0.1) is 0 Å². The van der Waals surface area contributed by atoms with Gasteiger partial charge < -0.3 is 4.74 Å². The predicted octanol–water partition coefficient (Wildman–Crippen LogP) is 1.79. The Labute approximate surface area is 84.2 Å². The second-order valence-corrected chi connectivity index (χ2v) is 2.85. The van der Waals surface area contributed by atoms with Gasteiger partial charge in [-0.15, -0.1) is 0 Å². The van der Waals surface area contributed by atoms with Crippen molar-refractivity contribution in [3.05, 3.63) is 0 Å². The predicted molar refractivity (Wildman–Crippen MR) is 57.5 cm³/mol. The third-order valence-electron chi connectivity index (χ3n) is 1.56. The van der Waals surface area contributed by atoms with Crippen molar-refractivity contribution >= 4 is 29.8 Å². The van der Waals surface area contributed by atoms with Gasteiger partial charge in [-0.05, 0) is 12.8 Å². The standard InChI is InChI=1S/C9H15NO2S/c1-12-9(11)5-3-2-4-6-10-7-8-13/h7-8H,2-6H2,1H3. The quantitative estimate of drug-likeness (QED) is 0.273. The van der Waals surface area contributed by atoms with Crippen LogP contribution >= 0.6 is 12.2 Å². The Morgan fingerprint density at radius 3 is 2.85 bits per heavy atom. The second-order valence-electron chi connectivity index (χ2n) is 2.58. The first kappa shape index (κ1) is 12.2. The van der Waals surface area contributed by atoms with Crippen LogP contribution in [0.1, 0.15) is 25.7 Å². The Balaban J connectivity index is 3.12. The van der Waals surface area contributed by atoms with Crippen LogP contribution in [0.15, 0.2) is 4.99 Å². The molecule has 0 spiro atoms. The molecule has 0 N–H and O–H groups in total. The van der Waals surface area contributed by atoms with E-state index in [9.17, 15) is 4.79 Å². The Morgan fingerprint density at radius 2 is 2.23 bits per heavy atom. The molecule has 0 atom stereocenters. The molecule has 0 aliphatic rings. The zero-order valence-electron chi connectivity index (χ0n) is 7.86. The van der Waals surface area contributed by atoms with Crippen molar-refractivity contribution in [3.8, 4) is 0 Å². The lowest BCUT2D eigenvalue weighted by atomic mass is 10.2. The van der Waals surface area contributed by atoms with Crippen LogP contribution in [0.2, 0.25) is 0 Å². The summed E-state index contributed by atoms with van der Waals surface area (Å²) < 4.78 is 4.51. The maximum absolute atomic E-state index is 10.7. The molecule has 0 aliphatic carbocycles. The zero-order chi connectivity index (χ0) is 9.94. The van der Waals surface area contributed by atoms with E-state index in [4.69, 9.17) is 0 Å². The molecule has 3 nitrogen and oxygen atoms in total. The molecule has 0 saturated carbocycles. The van der Waals surface area contributed by atoms with Gasteiger partial charge in [-0.2, -0.15) is 0 Å². The molecule has 74 valence electrons. The van der Waals surface area contributed by atoms with Gasteiger partial charge in [0.2, 0.25) is 0 Å². The van der Waals surface area contributed by atoms with Gasteiger partial charge in [0, 0.05) is 24.5 Å². The lowest BCUT2D eigenvalue weighted by molar-refractivity contribution is -0.140. The highest BCUT2D eigenvalue weighted by molar-refractivity contribution is 7.80. The van der Waals surface area contributed by atoms with Gasteiger partial charge in [-0.25, -0.2) is 0 Å². The fourth-order valence-corrected chi connectivity index (χ4v) is 0.955. The summed E-state index contributed by atoms with van der Waals surface area (Å²) in [5.74, 6) is -0.137. The van der Waals surface area contributed by atoms with Gasteiger partial charge in [0.25, 0.3) is 0 Å². The van der Waals surface area contributed by atoms with E-state index in [0.717, 1.165) is 25.8 Å². The molecule has 0 fully saturated rings. The van der Waals surface area contributed by atoms with Crippen molar-refractivity contribution < 1.29 is 9.53 Å². The molecule has 0 unspecified atom stereocenters. The molecule has 0 amide bonds. The second kappa shape index (κ2) is 9.32. The molecule has 0 saturated heterocycles. The van der Waals surface area contributed by atoms with E-state index in [1.165, 1.54) is 12.5 Å². The fraction of sp³-hybridized carbons (Fsp3) is 0.667. The van der Waals surface area contributed by atoms with Crippen LogP contribution < -0.4 is 0 Å². The summed E-state index contributed by atoms with van der Waals surface area (Å²) in [6.45, 7) is 0.786. The Kier molecular flexibility index (Phi) is 8.77. The van der Waals surface area contributed by atoms with E-state index >= 15 is 0 Å². The number of aliphatic imine (C=N–C) groups is 1. The molecule has 0 aromatic carbocycles. The van der Waals surface area contributed by atoms with Crippen molar-refractivity contribution in [2.24, 2.45) is 4.99 Å². The van der Waals surface area contributed by atoms with Crippen LogP contribution in [-0.2, 0) is 9.53 Å². The van der Waals surface area contributed by atoms with Crippen molar-refractivity contribution in [1.82, 2.24) is 0 Å². The number of ether oxygens (including phenoxy) is 1. The van der Waals surface area contributed by atoms with Crippen LogP contribution in [0.25, 0.3) is 0 Å². The monoisotopic (exact) mass is 201 g/mol. The van der Waals surface area contributed by atoms with Gasteiger partial charge >= 0.3 is 5.97 Å². The van der Waals surface area contributed by atoms with Crippen LogP contribution in [0.4, 0.5) is 0 Å². The van der Waals surface area contributed by atoms with E-state index in [0.29, 0.717) is 6.42 Å². The molecule has 0 radical (unpaired) electrons. The summed E-state index contributed by atoms with van der Waals surface area (Å²) >= 11 is 4.57. The lowest BCUT2D eigenvalue weighted by Gasteiger charge is -1.97. The number of rotatable bonds is 7. The Hall–Kier alpha value is -0.770. The summed E-state index contributed by atoms with van der Waals surface area (Å²) in [6.07, 6.45) is 5.00. The first-order valence-corrected chi connectivity index (χ1v) is 4.78. The van der Waals surface area contributed by atoms with Crippen LogP contribution in [0.5, 0.6) is 0 Å². The number of methoxy groups -OCH3 is 1. The molecule has 0 aromatic rings. The first-order chi connectivity index (χ1) is 6.31. The molecule has 0 heterocycles. The van der Waals surface area contributed by atoms with Crippen molar-refractivity contribution in [2.75, 3.05) is 13.7 Å². The average Bonchev–Trinajstić information content (AvgIpc) is 2.16. The van der Waals surface area contributed by atoms with Crippen LogP contribution in [-0.4, -0.2) is 31.2 Å². The summed E-state index contributed by atoms with van der Waals surface area (Å²) in [4.78, 5) is 14.7. The summed E-state index contributed by atoms with van der Waals surface area (Å²) in [7, 11) is 1.41. The number of carbonyl (C=O) groups excluding carboxylic acids is 1. The first-order valence-electron chi connectivity index (χ1n) is 4.31. The van der Waals surface area contributed by atoms with E-state index in [1.807, 2.05) is 0 Å². The number of hydrogen-bond acceptors (Lipinski definition) is 4. The van der Waals surface area contributed by atoms with Gasteiger partial charge in [0.15, 0.2) is 0 Å². The lowest BCUT2D eigenvalue weighted by Crippen LogP contribution is -1.99. The van der Waals surface area contributed by atoms with E-state index < -0.39 is 0 Å². The maximum Gasteiger partial charge on any atom is 0.305 e. The number of nitrogens with zero attached hydrogens (tertiary/aromatic N) is 1. The van der Waals surface area contributed by atoms with Crippen LogP contribution in [0.3, 0.4) is 0 Å². The van der Waals surface area contributed by atoms with Gasteiger partial charge in [-0.3, -0.25) is 9.79 Å². The Morgan fingerprint density at radius 1 is 1.46 bits per heavy atom.